The first-order valence-corrected chi connectivity index (χ1v) is 4.89. The lowest BCUT2D eigenvalue weighted by atomic mass is 10.1. The number of methoxy groups -OCH3 is 1. The predicted octanol–water partition coefficient (Wildman–Crippen LogP) is 2.43. The molecular formula is C10H8ClFN2O3. The topological polar surface area (TPSA) is 81.5 Å². The number of halogens is 2. The monoisotopic (exact) mass is 258 g/mol. The number of benzene rings is 1. The first kappa shape index (κ1) is 11.5. The Bertz CT molecular complexity index is 571. The molecule has 0 spiro atoms. The van der Waals surface area contributed by atoms with Crippen LogP contribution < -0.4 is 10.5 Å². The van der Waals surface area contributed by atoms with Crippen LogP contribution in [0.2, 0.25) is 5.02 Å². The van der Waals surface area contributed by atoms with Gasteiger partial charge in [0.1, 0.15) is 0 Å². The van der Waals surface area contributed by atoms with Crippen molar-refractivity contribution in [3.05, 3.63) is 23.1 Å². The third-order valence-corrected chi connectivity index (χ3v) is 2.52. The van der Waals surface area contributed by atoms with E-state index in [1.54, 1.807) is 0 Å². The third kappa shape index (κ3) is 1.76. The summed E-state index contributed by atoms with van der Waals surface area (Å²) in [6.07, 6.45) is 1.18. The maximum Gasteiger partial charge on any atom is 0.230 e. The van der Waals surface area contributed by atoms with Crippen molar-refractivity contribution >= 4 is 17.5 Å². The number of nitrogens with zero attached hydrogens (tertiary/aromatic N) is 1. The fourth-order valence-corrected chi connectivity index (χ4v) is 1.62. The minimum absolute atomic E-state index is 0.0343. The van der Waals surface area contributed by atoms with E-state index in [0.29, 0.717) is 0 Å². The Balaban J connectivity index is 2.76. The van der Waals surface area contributed by atoms with Crippen LogP contribution in [0, 0.1) is 5.82 Å². The largest absolute Gasteiger partial charge is 0.504 e. The van der Waals surface area contributed by atoms with Crippen molar-refractivity contribution in [2.45, 2.75) is 0 Å². The predicted molar refractivity (Wildman–Crippen MR) is 59.5 cm³/mol. The molecule has 1 heterocycles. The number of hydrogen-bond donors (Lipinski definition) is 2. The average molecular weight is 259 g/mol. The highest BCUT2D eigenvalue weighted by atomic mass is 35.5. The quantitative estimate of drug-likeness (QED) is 0.865. The summed E-state index contributed by atoms with van der Waals surface area (Å²) in [5.74, 6) is -1.32. The normalized spacial score (nSPS) is 10.5. The van der Waals surface area contributed by atoms with Gasteiger partial charge in [-0.2, -0.15) is 0 Å². The van der Waals surface area contributed by atoms with E-state index >= 15 is 0 Å². The zero-order valence-electron chi connectivity index (χ0n) is 8.70. The van der Waals surface area contributed by atoms with E-state index < -0.39 is 11.6 Å². The van der Waals surface area contributed by atoms with Gasteiger partial charge in [-0.3, -0.25) is 0 Å². The Labute approximate surface area is 101 Å². The van der Waals surface area contributed by atoms with Crippen LogP contribution in [0.3, 0.4) is 0 Å². The van der Waals surface area contributed by atoms with Crippen LogP contribution in [0.25, 0.3) is 11.1 Å². The van der Waals surface area contributed by atoms with E-state index in [-0.39, 0.29) is 27.8 Å². The van der Waals surface area contributed by atoms with Crippen molar-refractivity contribution in [3.63, 3.8) is 0 Å². The number of hydrogen-bond acceptors (Lipinski definition) is 5. The smallest absolute Gasteiger partial charge is 0.230 e. The summed E-state index contributed by atoms with van der Waals surface area (Å²) in [5, 5.41) is 13.0. The molecule has 0 aliphatic rings. The number of aromatic hydroxyl groups is 1. The fraction of sp³-hybridized carbons (Fsp3) is 0.100. The summed E-state index contributed by atoms with van der Waals surface area (Å²) in [6.45, 7) is 0. The molecule has 0 unspecified atom stereocenters. The summed E-state index contributed by atoms with van der Waals surface area (Å²) in [4.78, 5) is 0. The van der Waals surface area contributed by atoms with Crippen molar-refractivity contribution in [3.8, 4) is 22.6 Å². The Morgan fingerprint density at radius 3 is 2.82 bits per heavy atom. The van der Waals surface area contributed by atoms with E-state index in [4.69, 9.17) is 22.1 Å². The van der Waals surface area contributed by atoms with Gasteiger partial charge in [0, 0.05) is 6.07 Å². The molecule has 5 nitrogen and oxygen atoms in total. The number of anilines is 1. The minimum atomic E-state index is -0.820. The molecule has 0 fully saturated rings. The van der Waals surface area contributed by atoms with Gasteiger partial charge in [0.05, 0.1) is 29.5 Å². The molecule has 0 aliphatic carbocycles. The van der Waals surface area contributed by atoms with Crippen molar-refractivity contribution in [1.29, 1.82) is 0 Å². The molecule has 0 radical (unpaired) electrons. The molecule has 1 aromatic carbocycles. The summed E-state index contributed by atoms with van der Waals surface area (Å²) in [6, 6.07) is 1.17. The molecule has 2 rings (SSSR count). The zero-order chi connectivity index (χ0) is 12.6. The van der Waals surface area contributed by atoms with Crippen molar-refractivity contribution < 1.29 is 18.8 Å². The first-order chi connectivity index (χ1) is 8.06. The molecule has 1 aromatic heterocycles. The number of rotatable bonds is 2. The Kier molecular flexibility index (Phi) is 2.81. The number of ether oxygens (including phenoxy) is 1. The van der Waals surface area contributed by atoms with E-state index in [0.717, 1.165) is 0 Å². The lowest BCUT2D eigenvalue weighted by Gasteiger charge is -2.10. The van der Waals surface area contributed by atoms with Crippen LogP contribution >= 0.6 is 11.6 Å². The molecule has 0 atom stereocenters. The molecule has 0 aliphatic heterocycles. The molecule has 90 valence electrons. The molecule has 3 N–H and O–H groups in total. The minimum Gasteiger partial charge on any atom is -0.504 e. The Hall–Kier alpha value is -1.95. The van der Waals surface area contributed by atoms with Gasteiger partial charge in [-0.15, -0.1) is 0 Å². The van der Waals surface area contributed by atoms with Gasteiger partial charge in [0.15, 0.2) is 17.3 Å². The molecule has 2 aromatic rings. The number of phenolic OH excluding ortho intramolecular Hbond substituents is 1. The molecule has 7 heteroatoms. The zero-order valence-corrected chi connectivity index (χ0v) is 9.45. The molecule has 0 amide bonds. The highest BCUT2D eigenvalue weighted by Gasteiger charge is 2.22. The number of phenols is 1. The molecule has 0 bridgehead atoms. The third-order valence-electron chi connectivity index (χ3n) is 2.24. The average Bonchev–Trinajstić information content (AvgIpc) is 2.71. The van der Waals surface area contributed by atoms with Gasteiger partial charge in [-0.1, -0.05) is 16.8 Å². The summed E-state index contributed by atoms with van der Waals surface area (Å²) >= 11 is 5.68. The van der Waals surface area contributed by atoms with Gasteiger partial charge in [-0.25, -0.2) is 4.39 Å². The number of nitrogens with two attached hydrogens (primary N) is 1. The summed E-state index contributed by atoms with van der Waals surface area (Å²) in [5.41, 5.74) is 5.37. The Morgan fingerprint density at radius 1 is 1.59 bits per heavy atom. The second-order valence-corrected chi connectivity index (χ2v) is 3.61. The second-order valence-electron chi connectivity index (χ2n) is 3.20. The van der Waals surface area contributed by atoms with Crippen LogP contribution in [0.1, 0.15) is 0 Å². The number of nitrogen functional groups attached to an aromatic ring is 1. The lowest BCUT2D eigenvalue weighted by molar-refractivity contribution is 0.372. The number of aromatic nitrogens is 1. The van der Waals surface area contributed by atoms with Crippen molar-refractivity contribution in [2.24, 2.45) is 0 Å². The van der Waals surface area contributed by atoms with Gasteiger partial charge in [0.2, 0.25) is 5.88 Å². The van der Waals surface area contributed by atoms with E-state index in [2.05, 4.69) is 9.68 Å². The molecule has 0 saturated carbocycles. The Morgan fingerprint density at radius 2 is 2.29 bits per heavy atom. The highest BCUT2D eigenvalue weighted by molar-refractivity contribution is 6.31. The standard InChI is InChI=1S/C10H8ClFN2O3/c1-16-6-2-5(11)8(12)7(9(6)15)4-3-14-17-10(4)13/h2-3,15H,13H2,1H3. The maximum atomic E-state index is 13.8. The van der Waals surface area contributed by atoms with Crippen LogP contribution in [0.15, 0.2) is 16.8 Å². The molecular weight excluding hydrogens is 251 g/mol. The van der Waals surface area contributed by atoms with Gasteiger partial charge < -0.3 is 20.1 Å². The summed E-state index contributed by atoms with van der Waals surface area (Å²) < 4.78 is 23.3. The fourth-order valence-electron chi connectivity index (χ4n) is 1.43. The van der Waals surface area contributed by atoms with Gasteiger partial charge in [0.25, 0.3) is 0 Å². The molecule has 17 heavy (non-hydrogen) atoms. The van der Waals surface area contributed by atoms with Crippen molar-refractivity contribution in [2.75, 3.05) is 12.8 Å². The van der Waals surface area contributed by atoms with Gasteiger partial charge >= 0.3 is 0 Å². The maximum absolute atomic E-state index is 13.8. The van der Waals surface area contributed by atoms with E-state index in [1.807, 2.05) is 0 Å². The first-order valence-electron chi connectivity index (χ1n) is 4.51. The SMILES string of the molecule is COc1cc(Cl)c(F)c(-c2cnoc2N)c1O. The van der Waals surface area contributed by atoms with Crippen LogP contribution in [-0.4, -0.2) is 17.4 Å². The van der Waals surface area contributed by atoms with Crippen LogP contribution in [0.4, 0.5) is 10.3 Å². The highest BCUT2D eigenvalue weighted by Crippen LogP contribution is 2.43. The lowest BCUT2D eigenvalue weighted by Crippen LogP contribution is -1.93. The second kappa shape index (κ2) is 4.14. The van der Waals surface area contributed by atoms with E-state index in [9.17, 15) is 9.50 Å². The van der Waals surface area contributed by atoms with Crippen molar-refractivity contribution in [1.82, 2.24) is 5.16 Å². The molecule has 0 saturated heterocycles. The van der Waals surface area contributed by atoms with Gasteiger partial charge in [-0.05, 0) is 0 Å². The van der Waals surface area contributed by atoms with Crippen LogP contribution in [-0.2, 0) is 0 Å². The van der Waals surface area contributed by atoms with E-state index in [1.165, 1.54) is 19.4 Å². The summed E-state index contributed by atoms with van der Waals surface area (Å²) in [7, 11) is 1.32. The van der Waals surface area contributed by atoms with Crippen LogP contribution in [0.5, 0.6) is 11.5 Å².